The average Bonchev–Trinajstić information content (AvgIpc) is 2.67. The minimum atomic E-state index is -0.202. The van der Waals surface area contributed by atoms with Gasteiger partial charge in [0, 0.05) is 11.4 Å². The van der Waals surface area contributed by atoms with Crippen LogP contribution in [0.25, 0.3) is 0 Å². The van der Waals surface area contributed by atoms with Gasteiger partial charge < -0.3 is 10.1 Å². The van der Waals surface area contributed by atoms with Crippen LogP contribution < -0.4 is 10.1 Å². The van der Waals surface area contributed by atoms with Crippen LogP contribution in [0.3, 0.4) is 0 Å². The first-order valence-corrected chi connectivity index (χ1v) is 9.84. The van der Waals surface area contributed by atoms with E-state index in [-0.39, 0.29) is 5.82 Å². The van der Waals surface area contributed by atoms with Crippen LogP contribution in [0.15, 0.2) is 54.7 Å². The molecule has 0 fully saturated rings. The number of nitrogens with one attached hydrogen (secondary N) is 1. The first-order valence-electron chi connectivity index (χ1n) is 9.84. The fourth-order valence-electron chi connectivity index (χ4n) is 3.16. The molecule has 0 amide bonds. The predicted octanol–water partition coefficient (Wildman–Crippen LogP) is 6.90. The summed E-state index contributed by atoms with van der Waals surface area (Å²) >= 11 is 0. The van der Waals surface area contributed by atoms with Crippen LogP contribution in [0.2, 0.25) is 0 Å². The molecule has 0 saturated carbocycles. The van der Waals surface area contributed by atoms with E-state index in [9.17, 15) is 4.39 Å². The SMILES string of the molecule is C=C(Nc1ccc(F)cc1C)C(C)CCCCCCc1ccc(OC)cc1. The van der Waals surface area contributed by atoms with Gasteiger partial charge in [-0.3, -0.25) is 0 Å². The lowest BCUT2D eigenvalue weighted by molar-refractivity contribution is 0.414. The largest absolute Gasteiger partial charge is 0.497 e. The van der Waals surface area contributed by atoms with Crippen molar-refractivity contribution in [3.63, 3.8) is 0 Å². The average molecular weight is 370 g/mol. The van der Waals surface area contributed by atoms with Gasteiger partial charge in [0.2, 0.25) is 0 Å². The van der Waals surface area contributed by atoms with Gasteiger partial charge in [-0.05, 0) is 73.6 Å². The number of hydrogen-bond acceptors (Lipinski definition) is 2. The van der Waals surface area contributed by atoms with Crippen molar-refractivity contribution in [2.75, 3.05) is 12.4 Å². The monoisotopic (exact) mass is 369 g/mol. The molecule has 2 aromatic carbocycles. The number of aryl methyl sites for hydroxylation is 2. The Bertz CT molecular complexity index is 724. The molecule has 0 heterocycles. The maximum absolute atomic E-state index is 13.2. The molecule has 146 valence electrons. The molecule has 0 aliphatic carbocycles. The van der Waals surface area contributed by atoms with Crippen molar-refractivity contribution in [3.8, 4) is 5.75 Å². The number of rotatable bonds is 11. The summed E-state index contributed by atoms with van der Waals surface area (Å²) in [7, 11) is 1.70. The smallest absolute Gasteiger partial charge is 0.123 e. The summed E-state index contributed by atoms with van der Waals surface area (Å²) in [6.45, 7) is 8.28. The predicted molar refractivity (Wildman–Crippen MR) is 113 cm³/mol. The van der Waals surface area contributed by atoms with Crippen LogP contribution in [-0.4, -0.2) is 7.11 Å². The summed E-state index contributed by atoms with van der Waals surface area (Å²) in [5.41, 5.74) is 4.22. The Morgan fingerprint density at radius 2 is 1.78 bits per heavy atom. The van der Waals surface area contributed by atoms with E-state index < -0.39 is 0 Å². The lowest BCUT2D eigenvalue weighted by Crippen LogP contribution is -2.09. The van der Waals surface area contributed by atoms with E-state index in [0.717, 1.165) is 35.5 Å². The third-order valence-corrected chi connectivity index (χ3v) is 5.09. The fraction of sp³-hybridized carbons (Fsp3) is 0.417. The molecule has 1 unspecified atom stereocenters. The number of benzene rings is 2. The Balaban J connectivity index is 1.62. The molecule has 0 spiro atoms. The Morgan fingerprint density at radius 3 is 2.44 bits per heavy atom. The molecule has 0 aliphatic heterocycles. The highest BCUT2D eigenvalue weighted by molar-refractivity contribution is 5.54. The number of anilines is 1. The van der Waals surface area contributed by atoms with Crippen molar-refractivity contribution >= 4 is 5.69 Å². The molecule has 0 saturated heterocycles. The molecule has 2 aromatic rings. The van der Waals surface area contributed by atoms with E-state index in [1.807, 2.05) is 19.1 Å². The van der Waals surface area contributed by atoms with E-state index in [1.165, 1.54) is 37.3 Å². The lowest BCUT2D eigenvalue weighted by atomic mass is 9.98. The van der Waals surface area contributed by atoms with Gasteiger partial charge in [-0.15, -0.1) is 0 Å². The third-order valence-electron chi connectivity index (χ3n) is 5.09. The van der Waals surface area contributed by atoms with Crippen LogP contribution in [0.5, 0.6) is 5.75 Å². The first kappa shape index (κ1) is 21.0. The molecule has 3 heteroatoms. The van der Waals surface area contributed by atoms with Crippen LogP contribution in [-0.2, 0) is 6.42 Å². The number of allylic oxidation sites excluding steroid dienone is 1. The zero-order valence-corrected chi connectivity index (χ0v) is 16.9. The lowest BCUT2D eigenvalue weighted by Gasteiger charge is -2.18. The number of hydrogen-bond donors (Lipinski definition) is 1. The summed E-state index contributed by atoms with van der Waals surface area (Å²) in [6.07, 6.45) is 7.15. The molecule has 2 nitrogen and oxygen atoms in total. The topological polar surface area (TPSA) is 21.3 Å². The van der Waals surface area contributed by atoms with E-state index in [1.54, 1.807) is 19.2 Å². The normalized spacial score (nSPS) is 11.9. The number of methoxy groups -OCH3 is 1. The number of halogens is 1. The second kappa shape index (κ2) is 10.8. The number of ether oxygens (including phenoxy) is 1. The van der Waals surface area contributed by atoms with Gasteiger partial charge in [0.15, 0.2) is 0 Å². The standard InChI is InChI=1S/C24H32FNO/c1-18(20(3)26-24-16-13-22(25)17-19(24)2)9-7-5-6-8-10-21-11-14-23(27-4)15-12-21/h11-18,26H,3,5-10H2,1-2,4H3. The molecule has 0 bridgehead atoms. The molecule has 1 atom stereocenters. The first-order chi connectivity index (χ1) is 13.0. The Kier molecular flexibility index (Phi) is 8.38. The fourth-order valence-corrected chi connectivity index (χ4v) is 3.16. The third kappa shape index (κ3) is 7.09. The highest BCUT2D eigenvalue weighted by Gasteiger charge is 2.08. The Labute approximate surface area is 163 Å². The van der Waals surface area contributed by atoms with E-state index in [4.69, 9.17) is 4.74 Å². The van der Waals surface area contributed by atoms with Gasteiger partial charge in [-0.1, -0.05) is 44.9 Å². The molecular weight excluding hydrogens is 337 g/mol. The van der Waals surface area contributed by atoms with Crippen molar-refractivity contribution in [3.05, 3.63) is 71.7 Å². The van der Waals surface area contributed by atoms with Crippen molar-refractivity contribution in [1.29, 1.82) is 0 Å². The molecule has 2 rings (SSSR count). The molecule has 0 aliphatic rings. The molecule has 0 aromatic heterocycles. The second-order valence-corrected chi connectivity index (χ2v) is 7.31. The summed E-state index contributed by atoms with van der Waals surface area (Å²) in [5.74, 6) is 1.11. The van der Waals surface area contributed by atoms with Gasteiger partial charge in [-0.2, -0.15) is 0 Å². The van der Waals surface area contributed by atoms with Gasteiger partial charge in [0.25, 0.3) is 0 Å². The second-order valence-electron chi connectivity index (χ2n) is 7.31. The van der Waals surface area contributed by atoms with Crippen LogP contribution in [0.4, 0.5) is 10.1 Å². The van der Waals surface area contributed by atoms with Crippen molar-refractivity contribution in [2.24, 2.45) is 5.92 Å². The van der Waals surface area contributed by atoms with Gasteiger partial charge in [0.1, 0.15) is 11.6 Å². The summed E-state index contributed by atoms with van der Waals surface area (Å²) in [6, 6.07) is 13.2. The highest BCUT2D eigenvalue weighted by Crippen LogP contribution is 2.23. The molecule has 27 heavy (non-hydrogen) atoms. The zero-order valence-electron chi connectivity index (χ0n) is 16.9. The van der Waals surface area contributed by atoms with Crippen molar-refractivity contribution < 1.29 is 9.13 Å². The summed E-state index contributed by atoms with van der Waals surface area (Å²) < 4.78 is 18.4. The zero-order chi connectivity index (χ0) is 19.6. The maximum atomic E-state index is 13.2. The molecule has 0 radical (unpaired) electrons. The highest BCUT2D eigenvalue weighted by atomic mass is 19.1. The van der Waals surface area contributed by atoms with E-state index >= 15 is 0 Å². The summed E-state index contributed by atoms with van der Waals surface area (Å²) in [4.78, 5) is 0. The minimum absolute atomic E-state index is 0.202. The van der Waals surface area contributed by atoms with Crippen LogP contribution >= 0.6 is 0 Å². The van der Waals surface area contributed by atoms with E-state index in [2.05, 4.69) is 31.0 Å². The Morgan fingerprint density at radius 1 is 1.07 bits per heavy atom. The molecular formula is C24H32FNO. The van der Waals surface area contributed by atoms with E-state index in [0.29, 0.717) is 5.92 Å². The minimum Gasteiger partial charge on any atom is -0.497 e. The van der Waals surface area contributed by atoms with Crippen LogP contribution in [0, 0.1) is 18.7 Å². The summed E-state index contributed by atoms with van der Waals surface area (Å²) in [5, 5.41) is 3.35. The quantitative estimate of drug-likeness (QED) is 0.435. The number of unbranched alkanes of at least 4 members (excludes halogenated alkanes) is 3. The molecule has 1 N–H and O–H groups in total. The van der Waals surface area contributed by atoms with Gasteiger partial charge >= 0.3 is 0 Å². The van der Waals surface area contributed by atoms with Crippen molar-refractivity contribution in [1.82, 2.24) is 0 Å². The van der Waals surface area contributed by atoms with Crippen molar-refractivity contribution in [2.45, 2.75) is 52.4 Å². The maximum Gasteiger partial charge on any atom is 0.123 e. The Hall–Kier alpha value is -2.29. The van der Waals surface area contributed by atoms with Gasteiger partial charge in [0.05, 0.1) is 7.11 Å². The van der Waals surface area contributed by atoms with Gasteiger partial charge in [-0.25, -0.2) is 4.39 Å². The van der Waals surface area contributed by atoms with Crippen LogP contribution in [0.1, 0.15) is 50.2 Å².